The molecule has 0 radical (unpaired) electrons. The maximum absolute atomic E-state index is 14.4. The summed E-state index contributed by atoms with van der Waals surface area (Å²) >= 11 is 0. The zero-order valence-corrected chi connectivity index (χ0v) is 18.3. The molecule has 7 nitrogen and oxygen atoms in total. The zero-order valence-electron chi connectivity index (χ0n) is 18.3. The van der Waals surface area contributed by atoms with E-state index in [0.29, 0.717) is 17.1 Å². The van der Waals surface area contributed by atoms with Crippen molar-refractivity contribution in [3.05, 3.63) is 96.2 Å². The second-order valence-corrected chi connectivity index (χ2v) is 7.86. The van der Waals surface area contributed by atoms with Crippen molar-refractivity contribution in [2.24, 2.45) is 5.92 Å². The number of hydrogen-bond acceptors (Lipinski definition) is 3. The van der Waals surface area contributed by atoms with Gasteiger partial charge in [-0.05, 0) is 42.0 Å². The van der Waals surface area contributed by atoms with Gasteiger partial charge in [0.05, 0.1) is 6.20 Å². The Morgan fingerprint density at radius 3 is 2.36 bits per heavy atom. The van der Waals surface area contributed by atoms with Crippen LogP contribution in [-0.2, 0) is 11.3 Å². The van der Waals surface area contributed by atoms with Crippen molar-refractivity contribution >= 4 is 17.5 Å². The average Bonchev–Trinajstić information content (AvgIpc) is 3.48. The average molecular weight is 445 g/mol. The summed E-state index contributed by atoms with van der Waals surface area (Å²) in [6, 6.07) is 17.2. The van der Waals surface area contributed by atoms with Crippen LogP contribution in [0.1, 0.15) is 29.8 Å². The van der Waals surface area contributed by atoms with E-state index < -0.39 is 5.82 Å². The lowest BCUT2D eigenvalue weighted by atomic mass is 10.1. The van der Waals surface area contributed by atoms with Crippen molar-refractivity contribution in [3.63, 3.8) is 0 Å². The van der Waals surface area contributed by atoms with Crippen molar-refractivity contribution in [1.29, 1.82) is 0 Å². The number of nitrogens with zero attached hydrogens (tertiary/aromatic N) is 3. The normalized spacial score (nSPS) is 10.9. The monoisotopic (exact) mass is 445 g/mol. The molecule has 4 aromatic rings. The first-order valence-corrected chi connectivity index (χ1v) is 10.6. The van der Waals surface area contributed by atoms with E-state index in [2.05, 4.69) is 15.7 Å². The third-order valence-electron chi connectivity index (χ3n) is 5.12. The molecule has 0 saturated heterocycles. The first kappa shape index (κ1) is 22.0. The van der Waals surface area contributed by atoms with Gasteiger partial charge in [-0.1, -0.05) is 38.1 Å². The lowest BCUT2D eigenvalue weighted by Crippen LogP contribution is -2.24. The fraction of sp³-hybridized carbons (Fsp3) is 0.160. The molecule has 4 rings (SSSR count). The molecular formula is C25H24FN5O2. The van der Waals surface area contributed by atoms with Gasteiger partial charge >= 0.3 is 0 Å². The first-order valence-electron chi connectivity index (χ1n) is 10.6. The van der Waals surface area contributed by atoms with Gasteiger partial charge in [0.15, 0.2) is 5.82 Å². The molecule has 2 aromatic heterocycles. The molecule has 0 aliphatic carbocycles. The van der Waals surface area contributed by atoms with Crippen LogP contribution in [0.3, 0.4) is 0 Å². The number of nitrogens with one attached hydrogen (secondary N) is 2. The van der Waals surface area contributed by atoms with Gasteiger partial charge in [-0.3, -0.25) is 9.59 Å². The molecule has 2 N–H and O–H groups in total. The van der Waals surface area contributed by atoms with Crippen LogP contribution < -0.4 is 10.6 Å². The van der Waals surface area contributed by atoms with Crippen LogP contribution in [0.2, 0.25) is 0 Å². The second kappa shape index (κ2) is 9.52. The number of anilines is 1. The summed E-state index contributed by atoms with van der Waals surface area (Å²) in [5.41, 5.74) is 2.13. The molecular weight excluding hydrogens is 421 g/mol. The Bertz CT molecular complexity index is 1260. The van der Waals surface area contributed by atoms with E-state index in [-0.39, 0.29) is 30.0 Å². The first-order chi connectivity index (χ1) is 15.9. The standard InChI is InChI=1S/C25H24FN5O2/c1-17(2)23(32)29-19-11-9-18(10-12-19)15-27-24(33)20-16-28-31(22-8-4-3-7-21(22)26)25(20)30-13-5-6-14-30/h3-14,16-17H,15H2,1-2H3,(H,27,33)(H,29,32). The van der Waals surface area contributed by atoms with Crippen molar-refractivity contribution in [2.45, 2.75) is 20.4 Å². The van der Waals surface area contributed by atoms with E-state index in [4.69, 9.17) is 0 Å². The molecule has 0 unspecified atom stereocenters. The SMILES string of the molecule is CC(C)C(=O)Nc1ccc(CNC(=O)c2cnn(-c3ccccc3F)c2-n2cccc2)cc1. The van der Waals surface area contributed by atoms with Gasteiger partial charge in [0.25, 0.3) is 5.91 Å². The number of carbonyl (C=O) groups is 2. The van der Waals surface area contributed by atoms with Crippen LogP contribution >= 0.6 is 0 Å². The fourth-order valence-corrected chi connectivity index (χ4v) is 3.30. The summed E-state index contributed by atoms with van der Waals surface area (Å²) in [5, 5.41) is 10.0. The fourth-order valence-electron chi connectivity index (χ4n) is 3.30. The molecule has 8 heteroatoms. The Morgan fingerprint density at radius 2 is 1.70 bits per heavy atom. The predicted octanol–water partition coefficient (Wildman–Crippen LogP) is 4.33. The van der Waals surface area contributed by atoms with E-state index >= 15 is 0 Å². The van der Waals surface area contributed by atoms with Crippen molar-refractivity contribution in [1.82, 2.24) is 19.7 Å². The third-order valence-corrected chi connectivity index (χ3v) is 5.12. The summed E-state index contributed by atoms with van der Waals surface area (Å²) in [4.78, 5) is 24.8. The Labute approximate surface area is 190 Å². The quantitative estimate of drug-likeness (QED) is 0.444. The summed E-state index contributed by atoms with van der Waals surface area (Å²) in [7, 11) is 0. The van der Waals surface area contributed by atoms with Gasteiger partial charge in [-0.25, -0.2) is 9.07 Å². The number of rotatable bonds is 7. The maximum Gasteiger partial charge on any atom is 0.256 e. The second-order valence-electron chi connectivity index (χ2n) is 7.86. The minimum absolute atomic E-state index is 0.0551. The van der Waals surface area contributed by atoms with Crippen LogP contribution in [0.15, 0.2) is 79.3 Å². The minimum Gasteiger partial charge on any atom is -0.348 e. The molecule has 2 heterocycles. The third kappa shape index (κ3) is 4.85. The highest BCUT2D eigenvalue weighted by Crippen LogP contribution is 2.22. The molecule has 0 atom stereocenters. The minimum atomic E-state index is -0.439. The number of hydrogen-bond donors (Lipinski definition) is 2. The summed E-state index contributed by atoms with van der Waals surface area (Å²) in [5.74, 6) is -0.498. The van der Waals surface area contributed by atoms with E-state index in [1.807, 2.05) is 38.1 Å². The highest BCUT2D eigenvalue weighted by atomic mass is 19.1. The van der Waals surface area contributed by atoms with Gasteiger partial charge in [-0.2, -0.15) is 5.10 Å². The Morgan fingerprint density at radius 1 is 1.00 bits per heavy atom. The van der Waals surface area contributed by atoms with Gasteiger partial charge in [0.1, 0.15) is 17.1 Å². The number of amides is 2. The summed E-state index contributed by atoms with van der Waals surface area (Å²) in [6.45, 7) is 3.94. The Hall–Kier alpha value is -4.20. The Kier molecular flexibility index (Phi) is 6.35. The maximum atomic E-state index is 14.4. The van der Waals surface area contributed by atoms with E-state index in [1.54, 1.807) is 47.3 Å². The van der Waals surface area contributed by atoms with Crippen LogP contribution in [-0.4, -0.2) is 26.2 Å². The van der Waals surface area contributed by atoms with E-state index in [0.717, 1.165) is 5.56 Å². The van der Waals surface area contributed by atoms with Crippen LogP contribution in [0.25, 0.3) is 11.5 Å². The van der Waals surface area contributed by atoms with Crippen molar-refractivity contribution < 1.29 is 14.0 Å². The molecule has 0 aliphatic rings. The van der Waals surface area contributed by atoms with Gasteiger partial charge in [0, 0.05) is 30.5 Å². The van der Waals surface area contributed by atoms with E-state index in [1.165, 1.54) is 16.9 Å². The largest absolute Gasteiger partial charge is 0.348 e. The number of para-hydroxylation sites is 1. The van der Waals surface area contributed by atoms with Crippen molar-refractivity contribution in [3.8, 4) is 11.5 Å². The lowest BCUT2D eigenvalue weighted by Gasteiger charge is -2.12. The summed E-state index contributed by atoms with van der Waals surface area (Å²) in [6.07, 6.45) is 4.98. The smallest absolute Gasteiger partial charge is 0.256 e. The molecule has 33 heavy (non-hydrogen) atoms. The predicted molar refractivity (Wildman–Crippen MR) is 124 cm³/mol. The van der Waals surface area contributed by atoms with Crippen LogP contribution in [0, 0.1) is 11.7 Å². The molecule has 2 amide bonds. The zero-order chi connectivity index (χ0) is 23.4. The molecule has 0 bridgehead atoms. The van der Waals surface area contributed by atoms with Gasteiger partial charge < -0.3 is 15.2 Å². The molecule has 0 saturated carbocycles. The molecule has 2 aromatic carbocycles. The molecule has 0 spiro atoms. The van der Waals surface area contributed by atoms with Gasteiger partial charge in [-0.15, -0.1) is 0 Å². The topological polar surface area (TPSA) is 81.0 Å². The van der Waals surface area contributed by atoms with Gasteiger partial charge in [0.2, 0.25) is 5.91 Å². The van der Waals surface area contributed by atoms with Crippen LogP contribution in [0.5, 0.6) is 0 Å². The Balaban J connectivity index is 1.53. The molecule has 0 fully saturated rings. The number of carbonyl (C=O) groups excluding carboxylic acids is 2. The number of aromatic nitrogens is 3. The summed E-state index contributed by atoms with van der Waals surface area (Å²) < 4.78 is 17.6. The molecule has 168 valence electrons. The molecule has 0 aliphatic heterocycles. The highest BCUT2D eigenvalue weighted by molar-refractivity contribution is 5.97. The number of benzene rings is 2. The van der Waals surface area contributed by atoms with Crippen LogP contribution in [0.4, 0.5) is 10.1 Å². The lowest BCUT2D eigenvalue weighted by molar-refractivity contribution is -0.118. The van der Waals surface area contributed by atoms with Crippen molar-refractivity contribution in [2.75, 3.05) is 5.32 Å². The highest BCUT2D eigenvalue weighted by Gasteiger charge is 2.21. The van der Waals surface area contributed by atoms with E-state index in [9.17, 15) is 14.0 Å². The number of halogens is 1.